The summed E-state index contributed by atoms with van der Waals surface area (Å²) < 4.78 is 40.2. The maximum atomic E-state index is 12.1. The van der Waals surface area contributed by atoms with Crippen LogP contribution in [0.25, 0.3) is 0 Å². The lowest BCUT2D eigenvalue weighted by atomic mass is 10.1. The standard InChI is InChI=1S/C18H18F3NO3S/c1-12(13-7-9-14(10-8-13)25-18(19,20)21)22-17(24)6-2-4-15(23)16-5-3-11-26-16/h3,5,7-12H,2,4,6H2,1H3,(H,22,24)/t12-/m0/s1. The minimum Gasteiger partial charge on any atom is -0.406 e. The van der Waals surface area contributed by atoms with Gasteiger partial charge in [0.05, 0.1) is 10.9 Å². The zero-order valence-electron chi connectivity index (χ0n) is 14.0. The number of carbonyl (C=O) groups is 2. The summed E-state index contributed by atoms with van der Waals surface area (Å²) in [4.78, 5) is 24.5. The molecule has 1 amide bonds. The van der Waals surface area contributed by atoms with Crippen LogP contribution in [0.3, 0.4) is 0 Å². The van der Waals surface area contributed by atoms with E-state index in [1.165, 1.54) is 35.6 Å². The number of thiophene rings is 1. The predicted molar refractivity (Wildman–Crippen MR) is 92.2 cm³/mol. The van der Waals surface area contributed by atoms with E-state index in [1.54, 1.807) is 19.1 Å². The minimum atomic E-state index is -4.73. The third-order valence-electron chi connectivity index (χ3n) is 3.59. The van der Waals surface area contributed by atoms with Crippen molar-refractivity contribution >= 4 is 23.0 Å². The number of benzene rings is 1. The molecular weight excluding hydrogens is 367 g/mol. The van der Waals surface area contributed by atoms with Gasteiger partial charge in [0, 0.05) is 12.8 Å². The van der Waals surface area contributed by atoms with Gasteiger partial charge in [-0.3, -0.25) is 9.59 Å². The van der Waals surface area contributed by atoms with E-state index in [2.05, 4.69) is 10.1 Å². The molecule has 0 aliphatic heterocycles. The van der Waals surface area contributed by atoms with Crippen LogP contribution in [0.5, 0.6) is 5.75 Å². The van der Waals surface area contributed by atoms with Gasteiger partial charge >= 0.3 is 6.36 Å². The largest absolute Gasteiger partial charge is 0.573 e. The van der Waals surface area contributed by atoms with E-state index in [9.17, 15) is 22.8 Å². The number of Topliss-reactive ketones (excluding diaryl/α,β-unsaturated/α-hetero) is 1. The van der Waals surface area contributed by atoms with Gasteiger partial charge in [0.25, 0.3) is 0 Å². The fraction of sp³-hybridized carbons (Fsp3) is 0.333. The third-order valence-corrected chi connectivity index (χ3v) is 4.51. The smallest absolute Gasteiger partial charge is 0.406 e. The van der Waals surface area contributed by atoms with E-state index in [1.807, 2.05) is 5.38 Å². The first-order chi connectivity index (χ1) is 12.2. The van der Waals surface area contributed by atoms with Gasteiger partial charge in [-0.15, -0.1) is 24.5 Å². The van der Waals surface area contributed by atoms with E-state index < -0.39 is 6.36 Å². The quantitative estimate of drug-likeness (QED) is 0.659. The molecule has 1 aromatic carbocycles. The number of halogens is 3. The highest BCUT2D eigenvalue weighted by molar-refractivity contribution is 7.12. The molecule has 0 fully saturated rings. The van der Waals surface area contributed by atoms with Crippen LogP contribution in [0, 0.1) is 0 Å². The summed E-state index contributed by atoms with van der Waals surface area (Å²) in [6.07, 6.45) is -3.79. The molecule has 140 valence electrons. The number of alkyl halides is 3. The van der Waals surface area contributed by atoms with Crippen molar-refractivity contribution in [2.45, 2.75) is 38.6 Å². The van der Waals surface area contributed by atoms with Gasteiger partial charge in [0.15, 0.2) is 5.78 Å². The van der Waals surface area contributed by atoms with Crippen LogP contribution < -0.4 is 10.1 Å². The molecule has 26 heavy (non-hydrogen) atoms. The molecule has 0 spiro atoms. The Bertz CT molecular complexity index is 727. The molecule has 0 saturated heterocycles. The zero-order chi connectivity index (χ0) is 19.2. The number of hydrogen-bond acceptors (Lipinski definition) is 4. The second-order valence-electron chi connectivity index (χ2n) is 5.66. The highest BCUT2D eigenvalue weighted by Crippen LogP contribution is 2.24. The zero-order valence-corrected chi connectivity index (χ0v) is 14.8. The molecule has 0 unspecified atom stereocenters. The van der Waals surface area contributed by atoms with Gasteiger partial charge in [-0.25, -0.2) is 0 Å². The van der Waals surface area contributed by atoms with Crippen molar-refractivity contribution in [2.75, 3.05) is 0 Å². The Labute approximate surface area is 153 Å². The van der Waals surface area contributed by atoms with Gasteiger partial charge < -0.3 is 10.1 Å². The van der Waals surface area contributed by atoms with Gasteiger partial charge in [0.1, 0.15) is 5.75 Å². The Morgan fingerprint density at radius 2 is 1.85 bits per heavy atom. The summed E-state index contributed by atoms with van der Waals surface area (Å²) in [7, 11) is 0. The van der Waals surface area contributed by atoms with Crippen molar-refractivity contribution in [1.29, 1.82) is 0 Å². The number of carbonyl (C=O) groups excluding carboxylic acids is 2. The first kappa shape index (κ1) is 20.0. The monoisotopic (exact) mass is 385 g/mol. The average molecular weight is 385 g/mol. The fourth-order valence-electron chi connectivity index (χ4n) is 2.33. The number of ether oxygens (including phenoxy) is 1. The summed E-state index contributed by atoms with van der Waals surface area (Å²) in [6, 6.07) is 8.52. The van der Waals surface area contributed by atoms with E-state index in [0.717, 1.165) is 0 Å². The number of hydrogen-bond donors (Lipinski definition) is 1. The van der Waals surface area contributed by atoms with Crippen LogP contribution in [0.4, 0.5) is 13.2 Å². The summed E-state index contributed by atoms with van der Waals surface area (Å²) >= 11 is 1.37. The first-order valence-corrected chi connectivity index (χ1v) is 8.84. The molecule has 2 rings (SSSR count). The Hall–Kier alpha value is -2.35. The van der Waals surface area contributed by atoms with Crippen LogP contribution in [0.15, 0.2) is 41.8 Å². The number of rotatable bonds is 8. The lowest BCUT2D eigenvalue weighted by molar-refractivity contribution is -0.274. The van der Waals surface area contributed by atoms with E-state index in [-0.39, 0.29) is 29.9 Å². The van der Waals surface area contributed by atoms with Crippen LogP contribution in [0.1, 0.15) is 47.5 Å². The molecule has 0 saturated carbocycles. The normalized spacial score (nSPS) is 12.5. The van der Waals surface area contributed by atoms with Crippen molar-refractivity contribution < 1.29 is 27.5 Å². The van der Waals surface area contributed by atoms with Crippen LogP contribution in [-0.2, 0) is 4.79 Å². The Kier molecular flexibility index (Phi) is 6.79. The lowest BCUT2D eigenvalue weighted by Crippen LogP contribution is -2.26. The molecule has 1 atom stereocenters. The molecule has 4 nitrogen and oxygen atoms in total. The van der Waals surface area contributed by atoms with Crippen LogP contribution >= 0.6 is 11.3 Å². The van der Waals surface area contributed by atoms with E-state index in [4.69, 9.17) is 0 Å². The molecule has 0 bridgehead atoms. The Balaban J connectivity index is 1.76. The van der Waals surface area contributed by atoms with Crippen LogP contribution in [0.2, 0.25) is 0 Å². The maximum absolute atomic E-state index is 12.1. The Morgan fingerprint density at radius 1 is 1.15 bits per heavy atom. The highest BCUT2D eigenvalue weighted by atomic mass is 32.1. The number of amides is 1. The third kappa shape index (κ3) is 6.51. The molecule has 1 N–H and O–H groups in total. The minimum absolute atomic E-state index is 0.0149. The summed E-state index contributed by atoms with van der Waals surface area (Å²) in [6.45, 7) is 1.73. The summed E-state index contributed by atoms with van der Waals surface area (Å²) in [5.41, 5.74) is 0.655. The molecule has 1 heterocycles. The van der Waals surface area contributed by atoms with Crippen molar-refractivity contribution in [1.82, 2.24) is 5.32 Å². The van der Waals surface area contributed by atoms with Gasteiger partial charge in [-0.05, 0) is 42.5 Å². The molecule has 0 radical (unpaired) electrons. The van der Waals surface area contributed by atoms with E-state index >= 15 is 0 Å². The molecular formula is C18H18F3NO3S. The first-order valence-electron chi connectivity index (χ1n) is 7.96. The SMILES string of the molecule is C[C@H](NC(=O)CCCC(=O)c1cccs1)c1ccc(OC(F)(F)F)cc1. The van der Waals surface area contributed by atoms with Crippen molar-refractivity contribution in [3.05, 3.63) is 52.2 Å². The Morgan fingerprint density at radius 3 is 2.42 bits per heavy atom. The molecule has 0 aliphatic carbocycles. The fourth-order valence-corrected chi connectivity index (χ4v) is 3.02. The maximum Gasteiger partial charge on any atom is 0.573 e. The van der Waals surface area contributed by atoms with Gasteiger partial charge in [-0.1, -0.05) is 18.2 Å². The average Bonchev–Trinajstić information content (AvgIpc) is 3.08. The second-order valence-corrected chi connectivity index (χ2v) is 6.61. The van der Waals surface area contributed by atoms with Gasteiger partial charge in [0.2, 0.25) is 5.91 Å². The topological polar surface area (TPSA) is 55.4 Å². The van der Waals surface area contributed by atoms with Crippen molar-refractivity contribution in [2.24, 2.45) is 0 Å². The molecule has 8 heteroatoms. The summed E-state index contributed by atoms with van der Waals surface area (Å²) in [5.74, 6) is -0.514. The van der Waals surface area contributed by atoms with Crippen molar-refractivity contribution in [3.63, 3.8) is 0 Å². The predicted octanol–water partition coefficient (Wildman–Crippen LogP) is 4.88. The van der Waals surface area contributed by atoms with Crippen LogP contribution in [-0.4, -0.2) is 18.1 Å². The molecule has 2 aromatic rings. The van der Waals surface area contributed by atoms with E-state index in [0.29, 0.717) is 23.3 Å². The number of nitrogens with one attached hydrogen (secondary N) is 1. The second kappa shape index (κ2) is 8.84. The van der Waals surface area contributed by atoms with Crippen molar-refractivity contribution in [3.8, 4) is 5.75 Å². The van der Waals surface area contributed by atoms with Gasteiger partial charge in [-0.2, -0.15) is 0 Å². The molecule has 1 aromatic heterocycles. The lowest BCUT2D eigenvalue weighted by Gasteiger charge is -2.15. The number of ketones is 1. The molecule has 0 aliphatic rings. The highest BCUT2D eigenvalue weighted by Gasteiger charge is 2.31. The summed E-state index contributed by atoms with van der Waals surface area (Å²) in [5, 5.41) is 4.59.